The Morgan fingerprint density at radius 1 is 1.11 bits per heavy atom. The quantitative estimate of drug-likeness (QED) is 0.577. The summed E-state index contributed by atoms with van der Waals surface area (Å²) in [6.07, 6.45) is -0.432. The maximum atomic E-state index is 14.8. The molecule has 3 amide bonds. The lowest BCUT2D eigenvalue weighted by molar-refractivity contribution is -0.168. The summed E-state index contributed by atoms with van der Waals surface area (Å²) in [5, 5.41) is 12.9. The fourth-order valence-electron chi connectivity index (χ4n) is 4.70. The summed E-state index contributed by atoms with van der Waals surface area (Å²) in [6.45, 7) is 2.99. The molecule has 0 spiro atoms. The second-order valence-corrected chi connectivity index (χ2v) is 9.12. The molecule has 0 aliphatic carbocycles. The molecule has 2 saturated heterocycles. The number of rotatable bonds is 6. The Balaban J connectivity index is 1.32. The van der Waals surface area contributed by atoms with Crippen molar-refractivity contribution in [1.29, 1.82) is 0 Å². The molecule has 3 aliphatic heterocycles. The number of nitrogens with one attached hydrogen (secondary N) is 1. The predicted molar refractivity (Wildman–Crippen MR) is 120 cm³/mol. The molecule has 190 valence electrons. The van der Waals surface area contributed by atoms with E-state index in [1.165, 1.54) is 6.07 Å². The minimum Gasteiger partial charge on any atom is -0.488 e. The molecule has 0 radical (unpaired) electrons. The molecule has 0 aromatic heterocycles. The molecule has 36 heavy (non-hydrogen) atoms. The van der Waals surface area contributed by atoms with Crippen molar-refractivity contribution in [2.24, 2.45) is 0 Å². The van der Waals surface area contributed by atoms with Crippen LogP contribution in [0.2, 0.25) is 0 Å². The van der Waals surface area contributed by atoms with Gasteiger partial charge in [-0.3, -0.25) is 29.5 Å². The number of halogens is 2. The first kappa shape index (κ1) is 24.3. The van der Waals surface area contributed by atoms with E-state index in [1.54, 1.807) is 12.1 Å². The summed E-state index contributed by atoms with van der Waals surface area (Å²) in [4.78, 5) is 39.9. The molecule has 0 bridgehead atoms. The van der Waals surface area contributed by atoms with Crippen LogP contribution in [0.5, 0.6) is 5.75 Å². The number of piperidine rings is 1. The van der Waals surface area contributed by atoms with E-state index >= 15 is 0 Å². The summed E-state index contributed by atoms with van der Waals surface area (Å²) in [6, 6.07) is 6.93. The van der Waals surface area contributed by atoms with Gasteiger partial charge < -0.3 is 14.6 Å². The first-order valence-corrected chi connectivity index (χ1v) is 11.7. The van der Waals surface area contributed by atoms with Crippen molar-refractivity contribution >= 4 is 17.7 Å². The molecule has 9 nitrogen and oxygen atoms in total. The van der Waals surface area contributed by atoms with Gasteiger partial charge in [0, 0.05) is 49.7 Å². The number of carbonyl (C=O) groups excluding carboxylic acids is 3. The van der Waals surface area contributed by atoms with Crippen LogP contribution < -0.4 is 10.1 Å². The van der Waals surface area contributed by atoms with Gasteiger partial charge in [0.1, 0.15) is 24.0 Å². The maximum Gasteiger partial charge on any atom is 0.279 e. The Hall–Kier alpha value is -3.41. The molecule has 2 N–H and O–H groups in total. The summed E-state index contributed by atoms with van der Waals surface area (Å²) in [5.74, 6) is -3.54. The van der Waals surface area contributed by atoms with Crippen molar-refractivity contribution in [2.45, 2.75) is 38.3 Å². The smallest absolute Gasteiger partial charge is 0.279 e. The second-order valence-electron chi connectivity index (χ2n) is 9.12. The Bertz CT molecular complexity index is 1230. The maximum absolute atomic E-state index is 14.8. The van der Waals surface area contributed by atoms with E-state index in [0.29, 0.717) is 19.8 Å². The number of amides is 3. The Kier molecular flexibility index (Phi) is 6.45. The Labute approximate surface area is 205 Å². The van der Waals surface area contributed by atoms with Gasteiger partial charge in [0.2, 0.25) is 11.6 Å². The number of carbonyl (C=O) groups is 3. The highest BCUT2D eigenvalue weighted by Gasteiger charge is 2.51. The highest BCUT2D eigenvalue weighted by atomic mass is 19.1. The second kappa shape index (κ2) is 9.57. The molecule has 3 aliphatic rings. The number of imide groups is 1. The van der Waals surface area contributed by atoms with E-state index < -0.39 is 35.1 Å². The molecular weight excluding hydrogens is 476 g/mol. The van der Waals surface area contributed by atoms with Gasteiger partial charge in [-0.1, -0.05) is 12.1 Å². The lowest BCUT2D eigenvalue weighted by Crippen LogP contribution is -2.63. The third-order valence-corrected chi connectivity index (χ3v) is 6.74. The van der Waals surface area contributed by atoms with Crippen LogP contribution in [0.1, 0.15) is 39.9 Å². The van der Waals surface area contributed by atoms with Crippen molar-refractivity contribution in [3.63, 3.8) is 0 Å². The summed E-state index contributed by atoms with van der Waals surface area (Å²) in [5.41, 5.74) is -0.985. The molecule has 5 rings (SSSR count). The van der Waals surface area contributed by atoms with Crippen LogP contribution in [0.15, 0.2) is 30.3 Å². The molecule has 2 fully saturated rings. The van der Waals surface area contributed by atoms with Gasteiger partial charge >= 0.3 is 0 Å². The fraction of sp³-hybridized carbons (Fsp3) is 0.400. The third kappa shape index (κ3) is 4.57. The summed E-state index contributed by atoms with van der Waals surface area (Å²) in [7, 11) is 0. The number of fused-ring (bicyclic) bond motifs is 1. The lowest BCUT2D eigenvalue weighted by atomic mass is 10.00. The standard InChI is InChI=1S/C25H25F2N3O6/c26-17-10-18-19(13-30(23(18)32)25(34)4-3-22(31)28-24(25)33)21(11-17)36-14-16-2-1-15(9-20(16)27)12-29-5-7-35-8-6-29/h1-2,9-11,34H,3-8,12-14H2,(H,28,31,33). The number of benzene rings is 2. The molecule has 2 aromatic rings. The van der Waals surface area contributed by atoms with E-state index in [0.717, 1.165) is 35.7 Å². The molecule has 1 unspecified atom stereocenters. The fourth-order valence-corrected chi connectivity index (χ4v) is 4.70. The van der Waals surface area contributed by atoms with Crippen LogP contribution in [-0.4, -0.2) is 64.7 Å². The predicted octanol–water partition coefficient (Wildman–Crippen LogP) is 1.46. The minimum atomic E-state index is -2.25. The molecule has 3 heterocycles. The summed E-state index contributed by atoms with van der Waals surface area (Å²) >= 11 is 0. The Morgan fingerprint density at radius 3 is 2.61 bits per heavy atom. The lowest BCUT2D eigenvalue weighted by Gasteiger charge is -2.37. The minimum absolute atomic E-state index is 0.00790. The van der Waals surface area contributed by atoms with Crippen molar-refractivity contribution in [2.75, 3.05) is 26.3 Å². The van der Waals surface area contributed by atoms with Crippen molar-refractivity contribution < 1.29 is 37.7 Å². The van der Waals surface area contributed by atoms with E-state index in [9.17, 15) is 28.3 Å². The van der Waals surface area contributed by atoms with Crippen LogP contribution in [0.25, 0.3) is 0 Å². The number of hydrogen-bond acceptors (Lipinski definition) is 7. The first-order valence-electron chi connectivity index (χ1n) is 11.7. The number of ether oxygens (including phenoxy) is 2. The van der Waals surface area contributed by atoms with Crippen LogP contribution in [-0.2, 0) is 34.0 Å². The number of nitrogens with zero attached hydrogens (tertiary/aromatic N) is 2. The van der Waals surface area contributed by atoms with Gasteiger partial charge in [-0.15, -0.1) is 0 Å². The van der Waals surface area contributed by atoms with Gasteiger partial charge in [-0.05, 0) is 17.7 Å². The van der Waals surface area contributed by atoms with Gasteiger partial charge in [0.25, 0.3) is 11.8 Å². The zero-order chi connectivity index (χ0) is 25.4. The number of hydrogen-bond donors (Lipinski definition) is 2. The van der Waals surface area contributed by atoms with Crippen LogP contribution in [0, 0.1) is 11.6 Å². The van der Waals surface area contributed by atoms with Crippen molar-refractivity contribution in [3.8, 4) is 5.75 Å². The SMILES string of the molecule is O=C1CCC(O)(N2Cc3c(OCc4ccc(CN5CCOCC5)cc4F)cc(F)cc3C2=O)C(=O)N1. The zero-order valence-corrected chi connectivity index (χ0v) is 19.4. The number of aliphatic hydroxyl groups is 1. The monoisotopic (exact) mass is 501 g/mol. The molecule has 1 atom stereocenters. The average molecular weight is 501 g/mol. The highest BCUT2D eigenvalue weighted by molar-refractivity contribution is 6.07. The van der Waals surface area contributed by atoms with Crippen LogP contribution in [0.4, 0.5) is 8.78 Å². The van der Waals surface area contributed by atoms with Crippen LogP contribution in [0.3, 0.4) is 0 Å². The third-order valence-electron chi connectivity index (χ3n) is 6.74. The van der Waals surface area contributed by atoms with Gasteiger partial charge in [-0.25, -0.2) is 8.78 Å². The van der Waals surface area contributed by atoms with E-state index in [4.69, 9.17) is 9.47 Å². The molecule has 11 heteroatoms. The largest absolute Gasteiger partial charge is 0.488 e. The van der Waals surface area contributed by atoms with Gasteiger partial charge in [0.15, 0.2) is 0 Å². The van der Waals surface area contributed by atoms with E-state index in [1.807, 2.05) is 5.32 Å². The first-order chi connectivity index (χ1) is 17.2. The van der Waals surface area contributed by atoms with Crippen molar-refractivity contribution in [3.05, 3.63) is 64.2 Å². The topological polar surface area (TPSA) is 108 Å². The number of morpholine rings is 1. The average Bonchev–Trinajstić information content (AvgIpc) is 3.18. The van der Waals surface area contributed by atoms with Gasteiger partial charge in [0.05, 0.1) is 25.3 Å². The summed E-state index contributed by atoms with van der Waals surface area (Å²) < 4.78 is 40.2. The normalized spacial score (nSPS) is 22.5. The van der Waals surface area contributed by atoms with E-state index in [-0.39, 0.29) is 48.4 Å². The van der Waals surface area contributed by atoms with Crippen LogP contribution >= 0.6 is 0 Å². The molecule has 0 saturated carbocycles. The van der Waals surface area contributed by atoms with Gasteiger partial charge in [-0.2, -0.15) is 0 Å². The highest BCUT2D eigenvalue weighted by Crippen LogP contribution is 2.38. The zero-order valence-electron chi connectivity index (χ0n) is 19.4. The molecule has 2 aromatic carbocycles. The van der Waals surface area contributed by atoms with Crippen molar-refractivity contribution in [1.82, 2.24) is 15.1 Å². The van der Waals surface area contributed by atoms with E-state index in [2.05, 4.69) is 4.90 Å². The molecular formula is C25H25F2N3O6. The Morgan fingerprint density at radius 2 is 1.89 bits per heavy atom.